The molecule has 0 saturated carbocycles. The second-order valence-electron chi connectivity index (χ2n) is 7.04. The van der Waals surface area contributed by atoms with E-state index in [0.29, 0.717) is 31.0 Å². The van der Waals surface area contributed by atoms with Crippen molar-refractivity contribution in [2.24, 2.45) is 5.92 Å². The van der Waals surface area contributed by atoms with Crippen LogP contribution in [0.15, 0.2) is 12.3 Å². The third kappa shape index (κ3) is 3.95. The van der Waals surface area contributed by atoms with Gasteiger partial charge in [-0.25, -0.2) is 4.98 Å². The molecular weight excluding hydrogens is 334 g/mol. The molecule has 3 rings (SSSR count). The molecule has 0 spiro atoms. The second kappa shape index (κ2) is 7.72. The Morgan fingerprint density at radius 3 is 2.88 bits per heavy atom. The number of nitrogens with two attached hydrogens (primary N) is 1. The maximum Gasteiger partial charge on any atom is 0.313 e. The molecule has 0 aromatic carbocycles. The first kappa shape index (κ1) is 18.2. The van der Waals surface area contributed by atoms with E-state index in [9.17, 15) is 14.4 Å². The van der Waals surface area contributed by atoms with Crippen LogP contribution in [0.25, 0.3) is 0 Å². The maximum atomic E-state index is 12.8. The summed E-state index contributed by atoms with van der Waals surface area (Å²) < 4.78 is 0. The lowest BCUT2D eigenvalue weighted by Crippen LogP contribution is -2.53. The molecule has 2 atom stereocenters. The lowest BCUT2D eigenvalue weighted by molar-refractivity contribution is -0.147. The number of nitrogens with one attached hydrogen (secondary N) is 2. The van der Waals surface area contributed by atoms with Gasteiger partial charge < -0.3 is 21.3 Å². The number of anilines is 2. The van der Waals surface area contributed by atoms with Crippen molar-refractivity contribution >= 4 is 29.2 Å². The standard InChI is InChI=1S/C18H25N5O3/c1-11-8-13(10-21-16(11)19)22-17(25)18(26)23-7-3-2-4-14(23)12-5-6-20-15(24)9-12/h8,10,12,14H,2-7,9H2,1H3,(H2,19,21)(H,20,24)(H,22,25)/t12?,14-/m1/s1. The van der Waals surface area contributed by atoms with E-state index in [-0.39, 0.29) is 17.9 Å². The summed E-state index contributed by atoms with van der Waals surface area (Å²) in [6.45, 7) is 2.97. The Morgan fingerprint density at radius 1 is 1.35 bits per heavy atom. The van der Waals surface area contributed by atoms with Crippen LogP contribution in [0.4, 0.5) is 11.5 Å². The Bertz CT molecular complexity index is 721. The molecule has 2 fully saturated rings. The van der Waals surface area contributed by atoms with Crippen LogP contribution in [0.5, 0.6) is 0 Å². The molecule has 3 heterocycles. The highest BCUT2D eigenvalue weighted by Crippen LogP contribution is 2.29. The summed E-state index contributed by atoms with van der Waals surface area (Å²) in [5.74, 6) is -0.701. The van der Waals surface area contributed by atoms with Gasteiger partial charge in [-0.1, -0.05) is 0 Å². The van der Waals surface area contributed by atoms with Crippen molar-refractivity contribution in [3.05, 3.63) is 17.8 Å². The summed E-state index contributed by atoms with van der Waals surface area (Å²) >= 11 is 0. The zero-order valence-corrected chi connectivity index (χ0v) is 15.0. The number of pyridine rings is 1. The van der Waals surface area contributed by atoms with Crippen molar-refractivity contribution in [2.45, 2.75) is 45.1 Å². The molecule has 4 N–H and O–H groups in total. The van der Waals surface area contributed by atoms with Gasteiger partial charge in [0.1, 0.15) is 5.82 Å². The lowest BCUT2D eigenvalue weighted by Gasteiger charge is -2.41. The third-order valence-electron chi connectivity index (χ3n) is 5.21. The monoisotopic (exact) mass is 359 g/mol. The van der Waals surface area contributed by atoms with Crippen LogP contribution < -0.4 is 16.4 Å². The zero-order valence-electron chi connectivity index (χ0n) is 15.0. The quantitative estimate of drug-likeness (QED) is 0.676. The fourth-order valence-electron chi connectivity index (χ4n) is 3.81. The van der Waals surface area contributed by atoms with E-state index in [1.54, 1.807) is 17.9 Å². The molecular formula is C18H25N5O3. The predicted octanol–water partition coefficient (Wildman–Crippen LogP) is 0.818. The van der Waals surface area contributed by atoms with Crippen LogP contribution in [-0.2, 0) is 14.4 Å². The van der Waals surface area contributed by atoms with E-state index in [1.165, 1.54) is 6.20 Å². The molecule has 2 aliphatic rings. The molecule has 2 saturated heterocycles. The molecule has 3 amide bonds. The van der Waals surface area contributed by atoms with E-state index in [0.717, 1.165) is 31.2 Å². The molecule has 0 aliphatic carbocycles. The van der Waals surface area contributed by atoms with Gasteiger partial charge in [-0.05, 0) is 50.2 Å². The summed E-state index contributed by atoms with van der Waals surface area (Å²) in [5.41, 5.74) is 6.86. The van der Waals surface area contributed by atoms with Crippen molar-refractivity contribution in [2.75, 3.05) is 24.1 Å². The molecule has 0 bridgehead atoms. The summed E-state index contributed by atoms with van der Waals surface area (Å²) in [4.78, 5) is 42.6. The van der Waals surface area contributed by atoms with E-state index < -0.39 is 11.8 Å². The van der Waals surface area contributed by atoms with Crippen LogP contribution in [0.3, 0.4) is 0 Å². The SMILES string of the molecule is Cc1cc(NC(=O)C(=O)N2CCCC[C@@H]2C2CCNC(=O)C2)cnc1N. The molecule has 8 heteroatoms. The first-order valence-electron chi connectivity index (χ1n) is 9.06. The van der Waals surface area contributed by atoms with E-state index >= 15 is 0 Å². The van der Waals surface area contributed by atoms with Crippen LogP contribution in [0.2, 0.25) is 0 Å². The fraction of sp³-hybridized carbons (Fsp3) is 0.556. The fourth-order valence-corrected chi connectivity index (χ4v) is 3.81. The molecule has 1 aromatic rings. The molecule has 1 aromatic heterocycles. The van der Waals surface area contributed by atoms with Gasteiger partial charge in [-0.2, -0.15) is 0 Å². The number of hydrogen-bond donors (Lipinski definition) is 3. The minimum atomic E-state index is -0.678. The number of carbonyl (C=O) groups excluding carboxylic acids is 3. The number of nitrogens with zero attached hydrogens (tertiary/aromatic N) is 2. The molecule has 8 nitrogen and oxygen atoms in total. The van der Waals surface area contributed by atoms with Crippen molar-refractivity contribution < 1.29 is 14.4 Å². The minimum Gasteiger partial charge on any atom is -0.383 e. The maximum absolute atomic E-state index is 12.8. The van der Waals surface area contributed by atoms with Crippen molar-refractivity contribution in [1.29, 1.82) is 0 Å². The zero-order chi connectivity index (χ0) is 18.7. The number of carbonyl (C=O) groups is 3. The summed E-state index contributed by atoms with van der Waals surface area (Å²) in [6.07, 6.45) is 5.40. The highest BCUT2D eigenvalue weighted by atomic mass is 16.2. The topological polar surface area (TPSA) is 117 Å². The minimum absolute atomic E-state index is 0.0205. The Morgan fingerprint density at radius 2 is 2.15 bits per heavy atom. The van der Waals surface area contributed by atoms with Gasteiger partial charge in [0.25, 0.3) is 0 Å². The molecule has 1 unspecified atom stereocenters. The Kier molecular flexibility index (Phi) is 5.39. The van der Waals surface area contributed by atoms with Gasteiger partial charge in [0.2, 0.25) is 5.91 Å². The van der Waals surface area contributed by atoms with Crippen LogP contribution >= 0.6 is 0 Å². The summed E-state index contributed by atoms with van der Waals surface area (Å²) in [7, 11) is 0. The number of amides is 3. The van der Waals surface area contributed by atoms with Gasteiger partial charge in [0.15, 0.2) is 0 Å². The molecule has 140 valence electrons. The third-order valence-corrected chi connectivity index (χ3v) is 5.21. The van der Waals surface area contributed by atoms with Crippen LogP contribution in [0.1, 0.15) is 37.7 Å². The van der Waals surface area contributed by atoms with Crippen LogP contribution in [-0.4, -0.2) is 46.7 Å². The number of rotatable bonds is 2. The summed E-state index contributed by atoms with van der Waals surface area (Å²) in [6, 6.07) is 1.63. The first-order valence-corrected chi connectivity index (χ1v) is 9.06. The summed E-state index contributed by atoms with van der Waals surface area (Å²) in [5, 5.41) is 5.43. The van der Waals surface area contributed by atoms with Crippen molar-refractivity contribution in [1.82, 2.24) is 15.2 Å². The Balaban J connectivity index is 1.70. The van der Waals surface area contributed by atoms with E-state index in [2.05, 4.69) is 15.6 Å². The number of aryl methyl sites for hydroxylation is 1. The number of piperidine rings is 2. The van der Waals surface area contributed by atoms with Crippen LogP contribution in [0, 0.1) is 12.8 Å². The molecule has 0 radical (unpaired) electrons. The van der Waals surface area contributed by atoms with E-state index in [1.807, 2.05) is 0 Å². The van der Waals surface area contributed by atoms with Crippen molar-refractivity contribution in [3.8, 4) is 0 Å². The lowest BCUT2D eigenvalue weighted by atomic mass is 9.84. The average molecular weight is 359 g/mol. The number of likely N-dealkylation sites (tertiary alicyclic amines) is 1. The number of hydrogen-bond acceptors (Lipinski definition) is 5. The Labute approximate surface area is 152 Å². The van der Waals surface area contributed by atoms with Gasteiger partial charge >= 0.3 is 11.8 Å². The van der Waals surface area contributed by atoms with Gasteiger partial charge in [0.05, 0.1) is 11.9 Å². The number of aromatic nitrogens is 1. The smallest absolute Gasteiger partial charge is 0.313 e. The van der Waals surface area contributed by atoms with Gasteiger partial charge in [-0.3, -0.25) is 14.4 Å². The Hall–Kier alpha value is -2.64. The molecule has 26 heavy (non-hydrogen) atoms. The average Bonchev–Trinajstić information content (AvgIpc) is 2.64. The first-order chi connectivity index (χ1) is 12.5. The van der Waals surface area contributed by atoms with Gasteiger partial charge in [0, 0.05) is 25.6 Å². The number of nitrogen functional groups attached to an aromatic ring is 1. The normalized spacial score (nSPS) is 23.3. The predicted molar refractivity (Wildman–Crippen MR) is 97.1 cm³/mol. The molecule has 2 aliphatic heterocycles. The second-order valence-corrected chi connectivity index (χ2v) is 7.04. The van der Waals surface area contributed by atoms with E-state index in [4.69, 9.17) is 5.73 Å². The van der Waals surface area contributed by atoms with Crippen molar-refractivity contribution in [3.63, 3.8) is 0 Å². The highest BCUT2D eigenvalue weighted by molar-refractivity contribution is 6.39. The largest absolute Gasteiger partial charge is 0.383 e. The van der Waals surface area contributed by atoms with Gasteiger partial charge in [-0.15, -0.1) is 0 Å². The highest BCUT2D eigenvalue weighted by Gasteiger charge is 2.37.